The molecule has 120 valence electrons. The van der Waals surface area contributed by atoms with Gasteiger partial charge in [-0.15, -0.1) is 0 Å². The molecule has 0 saturated carbocycles. The van der Waals surface area contributed by atoms with Crippen molar-refractivity contribution >= 4 is 51.4 Å². The summed E-state index contributed by atoms with van der Waals surface area (Å²) in [6.45, 7) is 0. The summed E-state index contributed by atoms with van der Waals surface area (Å²) in [6, 6.07) is 14.8. The van der Waals surface area contributed by atoms with E-state index >= 15 is 0 Å². The van der Waals surface area contributed by atoms with Crippen LogP contribution in [0.3, 0.4) is 0 Å². The van der Waals surface area contributed by atoms with Crippen LogP contribution in [-0.2, 0) is 9.59 Å². The van der Waals surface area contributed by atoms with Crippen LogP contribution in [0, 0.1) is 5.92 Å². The average molecular weight is 386 g/mol. The zero-order chi connectivity index (χ0) is 17.1. The van der Waals surface area contributed by atoms with Gasteiger partial charge in [-0.25, -0.2) is 9.69 Å². The summed E-state index contributed by atoms with van der Waals surface area (Å²) in [5, 5.41) is 2.18. The lowest BCUT2D eigenvalue weighted by Gasteiger charge is -2.28. The number of hydrogen-bond acceptors (Lipinski definition) is 4. The lowest BCUT2D eigenvalue weighted by molar-refractivity contribution is -0.131. The molecule has 1 N–H and O–H groups in total. The van der Waals surface area contributed by atoms with Crippen LogP contribution in [0.2, 0.25) is 0 Å². The van der Waals surface area contributed by atoms with Gasteiger partial charge in [0.25, 0.3) is 5.91 Å². The highest BCUT2D eigenvalue weighted by Crippen LogP contribution is 2.23. The molecular formula is C17H12BrN3O3. The Morgan fingerprint density at radius 3 is 2.33 bits per heavy atom. The Bertz CT molecular complexity index is 819. The van der Waals surface area contributed by atoms with E-state index in [0.29, 0.717) is 11.4 Å². The molecular weight excluding hydrogens is 374 g/mol. The van der Waals surface area contributed by atoms with E-state index in [0.717, 1.165) is 9.37 Å². The number of imide groups is 2. The molecule has 1 aliphatic heterocycles. The highest BCUT2D eigenvalue weighted by molar-refractivity contribution is 9.10. The molecule has 1 fully saturated rings. The number of aliphatic imine (C=N–C) groups is 1. The van der Waals surface area contributed by atoms with E-state index in [1.54, 1.807) is 48.5 Å². The van der Waals surface area contributed by atoms with E-state index in [1.165, 1.54) is 6.21 Å². The third-order valence-corrected chi connectivity index (χ3v) is 3.94. The van der Waals surface area contributed by atoms with Gasteiger partial charge in [-0.3, -0.25) is 19.9 Å². The number of nitrogens with one attached hydrogen (secondary N) is 1. The van der Waals surface area contributed by atoms with Crippen molar-refractivity contribution in [3.63, 3.8) is 0 Å². The summed E-state index contributed by atoms with van der Waals surface area (Å²) in [5.41, 5.74) is 0.997. The first-order valence-electron chi connectivity index (χ1n) is 7.10. The summed E-state index contributed by atoms with van der Waals surface area (Å²) < 4.78 is 0.814. The maximum atomic E-state index is 12.6. The molecule has 6 nitrogen and oxygen atoms in total. The van der Waals surface area contributed by atoms with Gasteiger partial charge < -0.3 is 0 Å². The van der Waals surface area contributed by atoms with Gasteiger partial charge in [0.1, 0.15) is 0 Å². The number of anilines is 1. The molecule has 1 heterocycles. The number of barbiturate groups is 1. The molecule has 2 aromatic rings. The number of para-hydroxylation sites is 1. The van der Waals surface area contributed by atoms with Gasteiger partial charge in [-0.2, -0.15) is 0 Å². The Labute approximate surface area is 146 Å². The molecule has 2 aromatic carbocycles. The standard InChI is InChI=1S/C17H12BrN3O3/c18-11-6-8-13(9-7-11)21-16(23)14(15(22)20-17(21)24)10-19-12-4-2-1-3-5-12/h1-10,14H,(H,20,22,24)/t14-/m1/s1. The molecule has 0 unspecified atom stereocenters. The maximum absolute atomic E-state index is 12.6. The molecule has 0 radical (unpaired) electrons. The van der Waals surface area contributed by atoms with Gasteiger partial charge in [0.2, 0.25) is 5.91 Å². The number of hydrogen-bond donors (Lipinski definition) is 1. The molecule has 0 aromatic heterocycles. The van der Waals surface area contributed by atoms with E-state index < -0.39 is 23.8 Å². The fourth-order valence-electron chi connectivity index (χ4n) is 2.23. The first-order chi connectivity index (χ1) is 11.6. The minimum atomic E-state index is -1.16. The van der Waals surface area contributed by atoms with E-state index in [-0.39, 0.29) is 0 Å². The number of benzene rings is 2. The molecule has 7 heteroatoms. The zero-order valence-corrected chi connectivity index (χ0v) is 13.9. The van der Waals surface area contributed by atoms with Crippen molar-refractivity contribution in [3.05, 3.63) is 59.1 Å². The fraction of sp³-hybridized carbons (Fsp3) is 0.0588. The molecule has 0 aliphatic carbocycles. The van der Waals surface area contributed by atoms with Crippen LogP contribution >= 0.6 is 15.9 Å². The maximum Gasteiger partial charge on any atom is 0.335 e. The van der Waals surface area contributed by atoms with Crippen molar-refractivity contribution < 1.29 is 14.4 Å². The Morgan fingerprint density at radius 2 is 1.67 bits per heavy atom. The molecule has 1 atom stereocenters. The first-order valence-corrected chi connectivity index (χ1v) is 7.89. The number of nitrogens with zero attached hydrogens (tertiary/aromatic N) is 2. The number of amides is 4. The zero-order valence-electron chi connectivity index (χ0n) is 12.3. The second-order valence-electron chi connectivity index (χ2n) is 5.04. The van der Waals surface area contributed by atoms with Gasteiger partial charge in [0.05, 0.1) is 11.4 Å². The molecule has 4 amide bonds. The smallest absolute Gasteiger partial charge is 0.276 e. The Kier molecular flexibility index (Phi) is 4.52. The molecule has 0 spiro atoms. The number of urea groups is 1. The minimum absolute atomic E-state index is 0.381. The van der Waals surface area contributed by atoms with Crippen LogP contribution in [0.4, 0.5) is 16.2 Å². The minimum Gasteiger partial charge on any atom is -0.276 e. The number of halogens is 1. The third-order valence-electron chi connectivity index (χ3n) is 3.42. The Morgan fingerprint density at radius 1 is 1.00 bits per heavy atom. The summed E-state index contributed by atoms with van der Waals surface area (Å²) in [7, 11) is 0. The fourth-order valence-corrected chi connectivity index (χ4v) is 2.50. The van der Waals surface area contributed by atoms with Crippen LogP contribution in [0.1, 0.15) is 0 Å². The van der Waals surface area contributed by atoms with Gasteiger partial charge in [-0.1, -0.05) is 34.1 Å². The predicted octanol–water partition coefficient (Wildman–Crippen LogP) is 3.05. The topological polar surface area (TPSA) is 78.8 Å². The van der Waals surface area contributed by atoms with Crippen molar-refractivity contribution in [2.45, 2.75) is 0 Å². The predicted molar refractivity (Wildman–Crippen MR) is 93.3 cm³/mol. The third kappa shape index (κ3) is 3.26. The molecule has 24 heavy (non-hydrogen) atoms. The lowest BCUT2D eigenvalue weighted by atomic mass is 10.1. The van der Waals surface area contributed by atoms with Crippen LogP contribution in [0.25, 0.3) is 0 Å². The van der Waals surface area contributed by atoms with Gasteiger partial charge in [0, 0.05) is 10.7 Å². The summed E-state index contributed by atoms with van der Waals surface area (Å²) in [6.07, 6.45) is 1.26. The van der Waals surface area contributed by atoms with E-state index in [2.05, 4.69) is 26.2 Å². The van der Waals surface area contributed by atoms with Gasteiger partial charge in [-0.05, 0) is 36.4 Å². The Hall–Kier alpha value is -2.80. The van der Waals surface area contributed by atoms with Crippen molar-refractivity contribution in [2.24, 2.45) is 10.9 Å². The van der Waals surface area contributed by atoms with E-state index in [1.807, 2.05) is 6.07 Å². The second kappa shape index (κ2) is 6.76. The van der Waals surface area contributed by atoms with E-state index in [4.69, 9.17) is 0 Å². The van der Waals surface area contributed by atoms with Crippen molar-refractivity contribution in [3.8, 4) is 0 Å². The van der Waals surface area contributed by atoms with Crippen LogP contribution in [-0.4, -0.2) is 24.1 Å². The number of carbonyl (C=O) groups excluding carboxylic acids is 3. The van der Waals surface area contributed by atoms with E-state index in [9.17, 15) is 14.4 Å². The molecule has 1 aliphatic rings. The Balaban J connectivity index is 1.88. The van der Waals surface area contributed by atoms with Crippen molar-refractivity contribution in [1.82, 2.24) is 5.32 Å². The molecule has 3 rings (SSSR count). The van der Waals surface area contributed by atoms with Crippen LogP contribution in [0.5, 0.6) is 0 Å². The highest BCUT2D eigenvalue weighted by Gasteiger charge is 2.40. The van der Waals surface area contributed by atoms with Crippen molar-refractivity contribution in [1.29, 1.82) is 0 Å². The second-order valence-corrected chi connectivity index (χ2v) is 5.95. The lowest BCUT2D eigenvalue weighted by Crippen LogP contribution is -2.58. The first kappa shape index (κ1) is 16.1. The quantitative estimate of drug-likeness (QED) is 0.651. The molecule has 0 bridgehead atoms. The average Bonchev–Trinajstić information content (AvgIpc) is 2.57. The summed E-state index contributed by atoms with van der Waals surface area (Å²) in [5.74, 6) is -2.48. The van der Waals surface area contributed by atoms with Crippen LogP contribution < -0.4 is 10.2 Å². The molecule has 1 saturated heterocycles. The summed E-state index contributed by atoms with van der Waals surface area (Å²) in [4.78, 5) is 41.7. The number of carbonyl (C=O) groups is 3. The van der Waals surface area contributed by atoms with Gasteiger partial charge >= 0.3 is 6.03 Å². The van der Waals surface area contributed by atoms with Crippen molar-refractivity contribution in [2.75, 3.05) is 4.90 Å². The summed E-state index contributed by atoms with van der Waals surface area (Å²) >= 11 is 3.29. The van der Waals surface area contributed by atoms with Gasteiger partial charge in [0.15, 0.2) is 5.92 Å². The monoisotopic (exact) mass is 385 g/mol. The number of rotatable bonds is 3. The highest BCUT2D eigenvalue weighted by atomic mass is 79.9. The normalized spacial score (nSPS) is 18.1. The van der Waals surface area contributed by atoms with Crippen LogP contribution in [0.15, 0.2) is 64.1 Å². The largest absolute Gasteiger partial charge is 0.335 e. The SMILES string of the molecule is O=C1NC(=O)N(c2ccc(Br)cc2)C(=O)[C@@H]1C=Nc1ccccc1.